The zero-order chi connectivity index (χ0) is 25.8. The molecule has 2 aliphatic heterocycles. The van der Waals surface area contributed by atoms with Gasteiger partial charge in [0, 0.05) is 31.7 Å². The Morgan fingerprint density at radius 1 is 1.06 bits per heavy atom. The molecule has 0 unspecified atom stereocenters. The molecule has 1 amide bonds. The van der Waals surface area contributed by atoms with Crippen LogP contribution in [0.5, 0.6) is 17.2 Å². The number of hydrogen-bond acceptors (Lipinski definition) is 8. The molecule has 36 heavy (non-hydrogen) atoms. The van der Waals surface area contributed by atoms with E-state index in [1.165, 1.54) is 18.1 Å². The number of aromatic hydroxyl groups is 1. The number of hydrogen-bond donors (Lipinski definition) is 2. The molecule has 192 valence electrons. The molecule has 1 atom stereocenters. The summed E-state index contributed by atoms with van der Waals surface area (Å²) in [6.45, 7) is 5.90. The second-order valence-electron chi connectivity index (χ2n) is 8.91. The molecule has 2 saturated heterocycles. The lowest BCUT2D eigenvalue weighted by Gasteiger charge is -2.29. The van der Waals surface area contributed by atoms with Crippen molar-refractivity contribution < 1.29 is 34.0 Å². The smallest absolute Gasteiger partial charge is 0.295 e. The molecule has 0 spiro atoms. The minimum atomic E-state index is -0.828. The minimum absolute atomic E-state index is 0.00684. The predicted molar refractivity (Wildman–Crippen MR) is 133 cm³/mol. The second-order valence-corrected chi connectivity index (χ2v) is 8.91. The highest BCUT2D eigenvalue weighted by Gasteiger charge is 2.46. The van der Waals surface area contributed by atoms with Crippen LogP contribution >= 0.6 is 0 Å². The molecule has 2 aliphatic rings. The van der Waals surface area contributed by atoms with Crippen molar-refractivity contribution in [2.45, 2.75) is 19.4 Å². The molecule has 2 fully saturated rings. The van der Waals surface area contributed by atoms with E-state index in [1.54, 1.807) is 44.4 Å². The van der Waals surface area contributed by atoms with Gasteiger partial charge in [-0.2, -0.15) is 0 Å². The normalized spacial score (nSPS) is 20.1. The van der Waals surface area contributed by atoms with Gasteiger partial charge in [0.15, 0.2) is 11.5 Å². The number of rotatable bonds is 8. The van der Waals surface area contributed by atoms with Crippen LogP contribution in [-0.2, 0) is 14.3 Å². The van der Waals surface area contributed by atoms with E-state index in [2.05, 4.69) is 4.90 Å². The minimum Gasteiger partial charge on any atom is -0.507 e. The summed E-state index contributed by atoms with van der Waals surface area (Å²) in [5.41, 5.74) is 1.71. The van der Waals surface area contributed by atoms with Gasteiger partial charge in [0.25, 0.3) is 11.7 Å². The van der Waals surface area contributed by atoms with E-state index in [-0.39, 0.29) is 22.8 Å². The summed E-state index contributed by atoms with van der Waals surface area (Å²) in [7, 11) is 2.98. The van der Waals surface area contributed by atoms with Gasteiger partial charge in [-0.15, -0.1) is 0 Å². The molecule has 4 rings (SSSR count). The number of benzene rings is 2. The highest BCUT2D eigenvalue weighted by Crippen LogP contribution is 2.42. The van der Waals surface area contributed by atoms with Gasteiger partial charge in [0.2, 0.25) is 0 Å². The Kier molecular flexibility index (Phi) is 7.81. The molecule has 2 aromatic carbocycles. The van der Waals surface area contributed by atoms with Crippen LogP contribution in [0.3, 0.4) is 0 Å². The lowest BCUT2D eigenvalue weighted by molar-refractivity contribution is -0.140. The number of amides is 1. The first-order valence-corrected chi connectivity index (χ1v) is 12.0. The van der Waals surface area contributed by atoms with Gasteiger partial charge >= 0.3 is 0 Å². The van der Waals surface area contributed by atoms with Crippen molar-refractivity contribution in [3.8, 4) is 17.2 Å². The number of methoxy groups -OCH3 is 2. The van der Waals surface area contributed by atoms with Gasteiger partial charge in [0.05, 0.1) is 39.0 Å². The molecule has 9 nitrogen and oxygen atoms in total. The lowest BCUT2D eigenvalue weighted by atomic mass is 9.93. The highest BCUT2D eigenvalue weighted by molar-refractivity contribution is 6.46. The van der Waals surface area contributed by atoms with Crippen molar-refractivity contribution in [2.75, 3.05) is 53.6 Å². The Labute approximate surface area is 210 Å². The van der Waals surface area contributed by atoms with E-state index >= 15 is 0 Å². The fourth-order valence-corrected chi connectivity index (χ4v) is 4.78. The van der Waals surface area contributed by atoms with Crippen molar-refractivity contribution in [3.05, 3.63) is 58.7 Å². The van der Waals surface area contributed by atoms with Crippen molar-refractivity contribution in [2.24, 2.45) is 0 Å². The molecule has 0 aromatic heterocycles. The number of aryl methyl sites for hydroxylation is 1. The van der Waals surface area contributed by atoms with Gasteiger partial charge in [0.1, 0.15) is 11.5 Å². The van der Waals surface area contributed by atoms with E-state index in [9.17, 15) is 19.8 Å². The standard InChI is InChI=1S/C27H32N2O7/c1-17-15-19(34-2)6-7-20(17)25(31)23-24(18-5-8-21(30)22(16-18)35-3)29(27(33)26(23)32)10-4-9-28-11-13-36-14-12-28/h5-8,15-16,24,30-31H,4,9-14H2,1-3H3/b25-23+/t24-/m0/s1. The Balaban J connectivity index is 1.74. The summed E-state index contributed by atoms with van der Waals surface area (Å²) < 4.78 is 15.9. The molecule has 0 aliphatic carbocycles. The summed E-state index contributed by atoms with van der Waals surface area (Å²) in [5.74, 6) is -0.884. The summed E-state index contributed by atoms with van der Waals surface area (Å²) in [4.78, 5) is 30.3. The molecule has 0 radical (unpaired) electrons. The number of ketones is 1. The number of nitrogens with zero attached hydrogens (tertiary/aromatic N) is 2. The lowest BCUT2D eigenvalue weighted by Crippen LogP contribution is -2.38. The van der Waals surface area contributed by atoms with Crippen LogP contribution in [0.15, 0.2) is 42.0 Å². The Morgan fingerprint density at radius 2 is 1.81 bits per heavy atom. The molecule has 2 heterocycles. The number of phenolic OH excluding ortho intramolecular Hbond substituents is 1. The monoisotopic (exact) mass is 496 g/mol. The number of phenols is 1. The number of Topliss-reactive ketones (excluding diaryl/α,β-unsaturated/α-hetero) is 1. The van der Waals surface area contributed by atoms with Crippen LogP contribution < -0.4 is 9.47 Å². The molecule has 2 N–H and O–H groups in total. The Bertz CT molecular complexity index is 1170. The third kappa shape index (κ3) is 5.03. The van der Waals surface area contributed by atoms with Gasteiger partial charge in [-0.25, -0.2) is 0 Å². The first kappa shape index (κ1) is 25.5. The van der Waals surface area contributed by atoms with E-state index < -0.39 is 17.7 Å². The fourth-order valence-electron chi connectivity index (χ4n) is 4.78. The number of likely N-dealkylation sites (tertiary alicyclic amines) is 1. The maximum atomic E-state index is 13.3. The number of carbonyl (C=O) groups is 2. The topological polar surface area (TPSA) is 109 Å². The van der Waals surface area contributed by atoms with Crippen LogP contribution in [0.1, 0.15) is 29.2 Å². The molecule has 9 heteroatoms. The summed E-state index contributed by atoms with van der Waals surface area (Å²) >= 11 is 0. The maximum absolute atomic E-state index is 13.3. The number of morpholine rings is 1. The maximum Gasteiger partial charge on any atom is 0.295 e. The van der Waals surface area contributed by atoms with Gasteiger partial charge in [-0.05, 0) is 54.8 Å². The number of carbonyl (C=O) groups excluding carboxylic acids is 2. The van der Waals surface area contributed by atoms with Gasteiger partial charge in [-0.1, -0.05) is 6.07 Å². The van der Waals surface area contributed by atoms with Crippen molar-refractivity contribution in [3.63, 3.8) is 0 Å². The van der Waals surface area contributed by atoms with E-state index in [0.29, 0.717) is 48.6 Å². The zero-order valence-corrected chi connectivity index (χ0v) is 20.8. The molecular formula is C27H32N2O7. The predicted octanol–water partition coefficient (Wildman–Crippen LogP) is 2.86. The molecular weight excluding hydrogens is 464 g/mol. The highest BCUT2D eigenvalue weighted by atomic mass is 16.5. The zero-order valence-electron chi connectivity index (χ0n) is 20.8. The van der Waals surface area contributed by atoms with Crippen LogP contribution in [0.4, 0.5) is 0 Å². The van der Waals surface area contributed by atoms with E-state index in [0.717, 1.165) is 19.6 Å². The first-order valence-electron chi connectivity index (χ1n) is 12.0. The SMILES string of the molecule is COc1ccc(/C(O)=C2\C(=O)C(=O)N(CCCN3CCOCC3)[C@H]2c2ccc(O)c(OC)c2)c(C)c1. The van der Waals surface area contributed by atoms with Crippen LogP contribution in [-0.4, -0.2) is 85.3 Å². The van der Waals surface area contributed by atoms with Crippen molar-refractivity contribution in [1.29, 1.82) is 0 Å². The molecule has 0 saturated carbocycles. The Hall–Kier alpha value is -3.56. The molecule has 0 bridgehead atoms. The number of ether oxygens (including phenoxy) is 3. The van der Waals surface area contributed by atoms with Crippen LogP contribution in [0, 0.1) is 6.92 Å². The second kappa shape index (κ2) is 11.0. The third-order valence-corrected chi connectivity index (χ3v) is 6.73. The quantitative estimate of drug-likeness (QED) is 0.326. The van der Waals surface area contributed by atoms with Crippen LogP contribution in [0.25, 0.3) is 5.76 Å². The summed E-state index contributed by atoms with van der Waals surface area (Å²) in [6, 6.07) is 8.98. The summed E-state index contributed by atoms with van der Waals surface area (Å²) in [5, 5.41) is 21.5. The first-order chi connectivity index (χ1) is 17.3. The third-order valence-electron chi connectivity index (χ3n) is 6.73. The average molecular weight is 497 g/mol. The largest absolute Gasteiger partial charge is 0.507 e. The van der Waals surface area contributed by atoms with Crippen LogP contribution in [0.2, 0.25) is 0 Å². The number of aliphatic hydroxyl groups excluding tert-OH is 1. The van der Waals surface area contributed by atoms with Gasteiger partial charge < -0.3 is 29.3 Å². The summed E-state index contributed by atoms with van der Waals surface area (Å²) in [6.07, 6.45) is 0.653. The Morgan fingerprint density at radius 3 is 2.47 bits per heavy atom. The van der Waals surface area contributed by atoms with E-state index in [4.69, 9.17) is 14.2 Å². The van der Waals surface area contributed by atoms with Gasteiger partial charge in [-0.3, -0.25) is 14.5 Å². The van der Waals surface area contributed by atoms with E-state index in [1.807, 2.05) is 0 Å². The van der Waals surface area contributed by atoms with Crippen molar-refractivity contribution in [1.82, 2.24) is 9.80 Å². The fraction of sp³-hybridized carbons (Fsp3) is 0.407. The average Bonchev–Trinajstić information content (AvgIpc) is 3.14. The molecule has 2 aromatic rings. The van der Waals surface area contributed by atoms with Crippen molar-refractivity contribution >= 4 is 17.4 Å². The number of aliphatic hydroxyl groups is 1.